The van der Waals surface area contributed by atoms with E-state index in [0.717, 1.165) is 11.1 Å². The summed E-state index contributed by atoms with van der Waals surface area (Å²) in [6.07, 6.45) is -10.5. The van der Waals surface area contributed by atoms with Gasteiger partial charge in [0.1, 0.15) is 0 Å². The maximum absolute atomic E-state index is 13.4. The lowest BCUT2D eigenvalue weighted by Gasteiger charge is -2.55. The number of alkyl halides is 6. The lowest BCUT2D eigenvalue weighted by Crippen LogP contribution is -2.69. The highest BCUT2D eigenvalue weighted by Gasteiger charge is 2.59. The molecule has 1 atom stereocenters. The normalized spacial score (nSPS) is 22.2. The van der Waals surface area contributed by atoms with Crippen LogP contribution in [0.4, 0.5) is 26.3 Å². The second-order valence-electron chi connectivity index (χ2n) is 10.1. The van der Waals surface area contributed by atoms with E-state index in [0.29, 0.717) is 18.7 Å². The third kappa shape index (κ3) is 6.28. The molecule has 208 valence electrons. The Labute approximate surface area is 222 Å². The highest BCUT2D eigenvalue weighted by Crippen LogP contribution is 2.51. The van der Waals surface area contributed by atoms with E-state index in [-0.39, 0.29) is 31.1 Å². The van der Waals surface area contributed by atoms with Crippen molar-refractivity contribution in [3.8, 4) is 0 Å². The molecule has 0 radical (unpaired) electrons. The molecule has 3 aromatic rings. The van der Waals surface area contributed by atoms with Crippen LogP contribution in [0.3, 0.4) is 0 Å². The molecule has 0 aliphatic heterocycles. The molecular weight excluding hydrogens is 522 g/mol. The van der Waals surface area contributed by atoms with Crippen LogP contribution in [0.25, 0.3) is 0 Å². The van der Waals surface area contributed by atoms with Gasteiger partial charge in [0.25, 0.3) is 0 Å². The number of rotatable bonds is 9. The Morgan fingerprint density at radius 1 is 0.897 bits per heavy atom. The van der Waals surface area contributed by atoms with E-state index < -0.39 is 46.4 Å². The zero-order valence-corrected chi connectivity index (χ0v) is 21.1. The van der Waals surface area contributed by atoms with Crippen molar-refractivity contribution in [3.05, 3.63) is 107 Å². The van der Waals surface area contributed by atoms with E-state index in [1.165, 1.54) is 6.92 Å². The molecule has 1 aliphatic rings. The minimum atomic E-state index is -4.96. The summed E-state index contributed by atoms with van der Waals surface area (Å²) in [7, 11) is 0. The fourth-order valence-electron chi connectivity index (χ4n) is 5.13. The molecule has 1 unspecified atom stereocenters. The average Bonchev–Trinajstić information content (AvgIpc) is 2.87. The third-order valence-corrected chi connectivity index (χ3v) is 7.30. The van der Waals surface area contributed by atoms with Crippen LogP contribution in [-0.4, -0.2) is 18.1 Å². The van der Waals surface area contributed by atoms with Crippen molar-refractivity contribution in [2.24, 2.45) is 5.73 Å². The fourth-order valence-corrected chi connectivity index (χ4v) is 5.13. The monoisotopic (exact) mass is 550 g/mol. The molecule has 3 aromatic carbocycles. The lowest BCUT2D eigenvalue weighted by molar-refractivity contribution is -0.143. The Bertz CT molecular complexity index is 1250. The number of hydrogen-bond donors (Lipinski definition) is 2. The van der Waals surface area contributed by atoms with Gasteiger partial charge in [0, 0.05) is 12.0 Å². The van der Waals surface area contributed by atoms with Gasteiger partial charge in [-0.25, -0.2) is 0 Å². The molecule has 3 N–H and O–H groups in total. The number of amides is 1. The topological polar surface area (TPSA) is 64.3 Å². The molecule has 1 saturated carbocycles. The first kappa shape index (κ1) is 28.6. The van der Waals surface area contributed by atoms with Crippen molar-refractivity contribution in [2.45, 2.75) is 55.7 Å². The minimum Gasteiger partial charge on any atom is -0.373 e. The number of carbonyl (C=O) groups is 1. The minimum absolute atomic E-state index is 0.0438. The molecule has 1 amide bonds. The van der Waals surface area contributed by atoms with Gasteiger partial charge < -0.3 is 10.5 Å². The van der Waals surface area contributed by atoms with Gasteiger partial charge in [-0.3, -0.25) is 10.1 Å². The summed E-state index contributed by atoms with van der Waals surface area (Å²) >= 11 is 0. The van der Waals surface area contributed by atoms with E-state index in [9.17, 15) is 31.1 Å². The number of nitrogens with one attached hydrogen (secondary N) is 1. The van der Waals surface area contributed by atoms with Crippen molar-refractivity contribution in [1.29, 1.82) is 0 Å². The first-order chi connectivity index (χ1) is 18.2. The highest BCUT2D eigenvalue weighted by molar-refractivity contribution is 5.87. The predicted molar refractivity (Wildman–Crippen MR) is 133 cm³/mol. The SMILES string of the molecule is CC(OCC1(c2ccccc2)CC(NCc2ccccc2)(C(N)=O)C1)c1cc(C(F)(F)F)cc(C(F)(F)F)c1. The van der Waals surface area contributed by atoms with Gasteiger partial charge in [-0.05, 0) is 54.7 Å². The molecule has 1 fully saturated rings. The maximum atomic E-state index is 13.4. The maximum Gasteiger partial charge on any atom is 0.416 e. The molecule has 1 aliphatic carbocycles. The van der Waals surface area contributed by atoms with Crippen LogP contribution in [0.15, 0.2) is 78.9 Å². The average molecular weight is 551 g/mol. The zero-order valence-electron chi connectivity index (χ0n) is 21.1. The molecule has 0 saturated heterocycles. The highest BCUT2D eigenvalue weighted by atomic mass is 19.4. The second-order valence-corrected chi connectivity index (χ2v) is 10.1. The number of benzene rings is 3. The van der Waals surface area contributed by atoms with E-state index in [1.807, 2.05) is 60.7 Å². The van der Waals surface area contributed by atoms with Crippen molar-refractivity contribution >= 4 is 5.91 Å². The lowest BCUT2D eigenvalue weighted by atomic mass is 9.54. The fraction of sp³-hybridized carbons (Fsp3) is 0.345. The van der Waals surface area contributed by atoms with Crippen molar-refractivity contribution in [3.63, 3.8) is 0 Å². The van der Waals surface area contributed by atoms with Gasteiger partial charge in [0.05, 0.1) is 29.4 Å². The van der Waals surface area contributed by atoms with Gasteiger partial charge in [-0.1, -0.05) is 60.7 Å². The van der Waals surface area contributed by atoms with Crippen molar-refractivity contribution in [1.82, 2.24) is 5.32 Å². The molecule has 0 aromatic heterocycles. The Morgan fingerprint density at radius 3 is 1.90 bits per heavy atom. The molecule has 10 heteroatoms. The molecule has 4 rings (SSSR count). The van der Waals surface area contributed by atoms with Crippen LogP contribution in [0.2, 0.25) is 0 Å². The number of nitrogens with two attached hydrogens (primary N) is 1. The van der Waals surface area contributed by atoms with Crippen molar-refractivity contribution < 1.29 is 35.9 Å². The summed E-state index contributed by atoms with van der Waals surface area (Å²) in [6.45, 7) is 1.75. The summed E-state index contributed by atoms with van der Waals surface area (Å²) in [6, 6.07) is 20.0. The molecule has 0 bridgehead atoms. The Hall–Kier alpha value is -3.37. The third-order valence-electron chi connectivity index (χ3n) is 7.30. The molecular formula is C29H28F6N2O2. The van der Waals surface area contributed by atoms with Gasteiger partial charge in [-0.15, -0.1) is 0 Å². The predicted octanol–water partition coefficient (Wildman–Crippen LogP) is 6.55. The van der Waals surface area contributed by atoms with Gasteiger partial charge in [0.2, 0.25) is 5.91 Å². The summed E-state index contributed by atoms with van der Waals surface area (Å²) < 4.78 is 86.1. The van der Waals surface area contributed by atoms with Gasteiger partial charge in [0.15, 0.2) is 0 Å². The van der Waals surface area contributed by atoms with Crippen molar-refractivity contribution in [2.75, 3.05) is 6.61 Å². The Morgan fingerprint density at radius 2 is 1.41 bits per heavy atom. The quantitative estimate of drug-likeness (QED) is 0.297. The van der Waals surface area contributed by atoms with E-state index in [4.69, 9.17) is 10.5 Å². The van der Waals surface area contributed by atoms with Gasteiger partial charge in [-0.2, -0.15) is 26.3 Å². The molecule has 0 heterocycles. The summed E-state index contributed by atoms with van der Waals surface area (Å²) in [5.41, 5.74) is 2.74. The summed E-state index contributed by atoms with van der Waals surface area (Å²) in [5, 5.41) is 3.26. The number of primary amides is 1. The first-order valence-electron chi connectivity index (χ1n) is 12.3. The number of ether oxygens (including phenoxy) is 1. The van der Waals surface area contributed by atoms with Crippen LogP contribution in [0.5, 0.6) is 0 Å². The summed E-state index contributed by atoms with van der Waals surface area (Å²) in [4.78, 5) is 12.6. The van der Waals surface area contributed by atoms with Crippen LogP contribution in [0, 0.1) is 0 Å². The van der Waals surface area contributed by atoms with Gasteiger partial charge >= 0.3 is 12.4 Å². The Kier molecular flexibility index (Phi) is 7.82. The largest absolute Gasteiger partial charge is 0.416 e. The standard InChI is InChI=1S/C29H28F6N2O2/c1-19(21-12-23(28(30,31)32)14-24(13-21)29(33,34)35)39-18-26(22-10-6-3-7-11-22)16-27(17-26,25(36)38)37-15-20-8-4-2-5-9-20/h2-14,19,37H,15-18H2,1H3,(H2,36,38). The second kappa shape index (κ2) is 10.7. The van der Waals surface area contributed by atoms with Crippen LogP contribution in [-0.2, 0) is 33.8 Å². The smallest absolute Gasteiger partial charge is 0.373 e. The molecule has 0 spiro atoms. The van der Waals surface area contributed by atoms with E-state index >= 15 is 0 Å². The number of hydrogen-bond acceptors (Lipinski definition) is 3. The van der Waals surface area contributed by atoms with E-state index in [1.54, 1.807) is 0 Å². The summed E-state index contributed by atoms with van der Waals surface area (Å²) in [5.74, 6) is -0.550. The molecule has 4 nitrogen and oxygen atoms in total. The van der Waals surface area contributed by atoms with Crippen LogP contribution >= 0.6 is 0 Å². The Balaban J connectivity index is 1.58. The number of halogens is 6. The zero-order chi connectivity index (χ0) is 28.5. The van der Waals surface area contributed by atoms with Crippen LogP contribution < -0.4 is 11.1 Å². The molecule has 39 heavy (non-hydrogen) atoms. The first-order valence-corrected chi connectivity index (χ1v) is 12.3. The van der Waals surface area contributed by atoms with E-state index in [2.05, 4.69) is 5.32 Å². The number of carbonyl (C=O) groups excluding carboxylic acids is 1. The van der Waals surface area contributed by atoms with Crippen LogP contribution in [0.1, 0.15) is 53.7 Å².